The van der Waals surface area contributed by atoms with E-state index < -0.39 is 17.8 Å². The first-order chi connectivity index (χ1) is 19.3. The fourth-order valence-corrected chi connectivity index (χ4v) is 5.37. The first-order valence-corrected chi connectivity index (χ1v) is 13.2. The first-order valence-electron chi connectivity index (χ1n) is 12.9. The van der Waals surface area contributed by atoms with E-state index in [0.717, 1.165) is 5.56 Å². The number of carbonyl (C=O) groups is 2. The second-order valence-electron chi connectivity index (χ2n) is 9.62. The van der Waals surface area contributed by atoms with Gasteiger partial charge in [-0.25, -0.2) is 4.39 Å². The quantitative estimate of drug-likeness (QED) is 0.314. The number of nitrogens with one attached hydrogen (secondary N) is 1. The number of nitrogens with zero attached hydrogens (tertiary/aromatic N) is 2. The van der Waals surface area contributed by atoms with E-state index in [1.54, 1.807) is 36.7 Å². The lowest BCUT2D eigenvalue weighted by Gasteiger charge is -2.25. The number of aromatic nitrogens is 1. The van der Waals surface area contributed by atoms with Crippen LogP contribution in [-0.4, -0.2) is 48.0 Å². The smallest absolute Gasteiger partial charge is 0.249 e. The Labute approximate surface area is 235 Å². The molecule has 2 amide bonds. The average molecular weight is 566 g/mol. The number of hydrogen-bond acceptors (Lipinski definition) is 5. The zero-order valence-electron chi connectivity index (χ0n) is 22.1. The van der Waals surface area contributed by atoms with E-state index in [9.17, 15) is 14.7 Å². The summed E-state index contributed by atoms with van der Waals surface area (Å²) in [7, 11) is 1.63. The monoisotopic (exact) mass is 565 g/mol. The second-order valence-corrected chi connectivity index (χ2v) is 10.0. The highest BCUT2D eigenvalue weighted by Crippen LogP contribution is 2.36. The molecule has 0 unspecified atom stereocenters. The molecule has 0 radical (unpaired) electrons. The maximum Gasteiger partial charge on any atom is 0.249 e. The van der Waals surface area contributed by atoms with Crippen molar-refractivity contribution in [3.63, 3.8) is 0 Å². The summed E-state index contributed by atoms with van der Waals surface area (Å²) in [6.45, 7) is 1.48. The predicted octanol–water partition coefficient (Wildman–Crippen LogP) is 4.40. The lowest BCUT2D eigenvalue weighted by molar-refractivity contribution is -0.127. The van der Waals surface area contributed by atoms with E-state index in [4.69, 9.17) is 21.1 Å². The van der Waals surface area contributed by atoms with Gasteiger partial charge in [0.05, 0.1) is 10.5 Å². The number of aliphatic hydroxyl groups is 1. The summed E-state index contributed by atoms with van der Waals surface area (Å²) in [6.07, 6.45) is 0.511. The molecule has 1 aliphatic rings. The molecule has 1 aliphatic heterocycles. The molecule has 0 saturated carbocycles. The molecule has 10 heteroatoms. The largest absolute Gasteiger partial charge is 0.454 e. The number of rotatable bonds is 9. The van der Waals surface area contributed by atoms with Gasteiger partial charge >= 0.3 is 0 Å². The number of aliphatic hydroxyl groups excluding tert-OH is 1. The van der Waals surface area contributed by atoms with Gasteiger partial charge in [0, 0.05) is 42.9 Å². The number of fused-ring (bicyclic) bond motifs is 2. The van der Waals surface area contributed by atoms with Gasteiger partial charge in [-0.2, -0.15) is 0 Å². The van der Waals surface area contributed by atoms with Gasteiger partial charge in [-0.15, -0.1) is 0 Å². The Bertz CT molecular complexity index is 1570. The molecular formula is C30H29ClFN3O5. The molecule has 2 heterocycles. The van der Waals surface area contributed by atoms with Gasteiger partial charge in [-0.1, -0.05) is 41.9 Å². The third kappa shape index (κ3) is 5.35. The minimum atomic E-state index is -0.905. The Hall–Kier alpha value is -4.08. The Balaban J connectivity index is 1.43. The van der Waals surface area contributed by atoms with Crippen LogP contribution in [0.5, 0.6) is 11.5 Å². The zero-order chi connectivity index (χ0) is 28.4. The molecule has 8 nitrogen and oxygen atoms in total. The van der Waals surface area contributed by atoms with Crippen molar-refractivity contribution in [2.24, 2.45) is 0 Å². The van der Waals surface area contributed by atoms with Crippen molar-refractivity contribution in [1.82, 2.24) is 9.88 Å². The fraction of sp³-hybridized carbons (Fsp3) is 0.267. The molecular weight excluding hydrogens is 537 g/mol. The lowest BCUT2D eigenvalue weighted by atomic mass is 10.0. The SMILES string of the molecule is Cc1c(CCO)c2c(Cl)ccc(F)c2n1CC(=O)N[C@@H](Cc1ccccc1)C(=O)N(C)c1ccc2c(c1)OCO2. The Morgan fingerprint density at radius 3 is 2.62 bits per heavy atom. The molecule has 5 rings (SSSR count). The van der Waals surface area contributed by atoms with Gasteiger partial charge in [0.2, 0.25) is 18.6 Å². The number of likely N-dealkylation sites (N-methyl/N-ethyl adjacent to an activating group) is 1. The first kappa shape index (κ1) is 27.5. The average Bonchev–Trinajstić information content (AvgIpc) is 3.53. The van der Waals surface area contributed by atoms with Crippen molar-refractivity contribution in [2.45, 2.75) is 32.4 Å². The van der Waals surface area contributed by atoms with Gasteiger partial charge in [-0.05, 0) is 48.7 Å². The summed E-state index contributed by atoms with van der Waals surface area (Å²) in [5.74, 6) is -0.196. The van der Waals surface area contributed by atoms with E-state index in [1.807, 2.05) is 30.3 Å². The molecule has 2 N–H and O–H groups in total. The van der Waals surface area contributed by atoms with Crippen LogP contribution < -0.4 is 19.7 Å². The number of halogens is 2. The van der Waals surface area contributed by atoms with Crippen molar-refractivity contribution in [1.29, 1.82) is 0 Å². The van der Waals surface area contributed by atoms with E-state index in [0.29, 0.717) is 38.9 Å². The van der Waals surface area contributed by atoms with Crippen molar-refractivity contribution in [3.05, 3.63) is 88.3 Å². The van der Waals surface area contributed by atoms with Crippen LogP contribution in [0.4, 0.5) is 10.1 Å². The molecule has 0 spiro atoms. The Morgan fingerprint density at radius 1 is 1.12 bits per heavy atom. The number of amides is 2. The summed E-state index contributed by atoms with van der Waals surface area (Å²) in [4.78, 5) is 28.6. The van der Waals surface area contributed by atoms with Crippen LogP contribution in [0.3, 0.4) is 0 Å². The standard InChI is InChI=1S/C30H29ClFN3O5/c1-18-21(12-13-36)28-22(31)9-10-23(32)29(28)35(18)16-27(37)33-24(14-19-6-4-3-5-7-19)30(38)34(2)20-8-11-25-26(15-20)40-17-39-25/h3-11,15,24,36H,12-14,16-17H2,1-2H3,(H,33,37)/t24-/m0/s1. The predicted molar refractivity (Wildman–Crippen MR) is 150 cm³/mol. The number of hydrogen-bond donors (Lipinski definition) is 2. The molecule has 1 aromatic heterocycles. The van der Waals surface area contributed by atoms with Crippen molar-refractivity contribution in [2.75, 3.05) is 25.3 Å². The van der Waals surface area contributed by atoms with E-state index in [2.05, 4.69) is 5.32 Å². The van der Waals surface area contributed by atoms with Gasteiger partial charge in [-0.3, -0.25) is 9.59 Å². The third-order valence-electron chi connectivity index (χ3n) is 7.14. The topological polar surface area (TPSA) is 93.0 Å². The van der Waals surface area contributed by atoms with Gasteiger partial charge in [0.15, 0.2) is 11.5 Å². The number of carbonyl (C=O) groups excluding carboxylic acids is 2. The molecule has 1 atom stereocenters. The van der Waals surface area contributed by atoms with Crippen molar-refractivity contribution in [3.8, 4) is 11.5 Å². The van der Waals surface area contributed by atoms with Crippen LogP contribution >= 0.6 is 11.6 Å². The highest BCUT2D eigenvalue weighted by molar-refractivity contribution is 6.35. The van der Waals surface area contributed by atoms with Crippen LogP contribution in [0.1, 0.15) is 16.8 Å². The molecule has 40 heavy (non-hydrogen) atoms. The summed E-state index contributed by atoms with van der Waals surface area (Å²) in [5, 5.41) is 13.3. The summed E-state index contributed by atoms with van der Waals surface area (Å²) in [6, 6.07) is 16.4. The van der Waals surface area contributed by atoms with E-state index in [1.165, 1.54) is 17.0 Å². The van der Waals surface area contributed by atoms with Gasteiger partial charge < -0.3 is 29.4 Å². The van der Waals surface area contributed by atoms with Crippen molar-refractivity contribution < 1.29 is 28.6 Å². The number of anilines is 1. The van der Waals surface area contributed by atoms with E-state index in [-0.39, 0.29) is 44.2 Å². The molecule has 0 bridgehead atoms. The van der Waals surface area contributed by atoms with Crippen LogP contribution in [0.2, 0.25) is 5.02 Å². The maximum absolute atomic E-state index is 15.0. The van der Waals surface area contributed by atoms with Crippen LogP contribution in [-0.2, 0) is 29.0 Å². The molecule has 0 aliphatic carbocycles. The second kappa shape index (κ2) is 11.6. The van der Waals surface area contributed by atoms with Crippen LogP contribution in [0.25, 0.3) is 10.9 Å². The lowest BCUT2D eigenvalue weighted by Crippen LogP contribution is -2.49. The fourth-order valence-electron chi connectivity index (χ4n) is 5.11. The molecule has 208 valence electrons. The Kier molecular flexibility index (Phi) is 7.95. The number of ether oxygens (including phenoxy) is 2. The highest BCUT2D eigenvalue weighted by atomic mass is 35.5. The summed E-state index contributed by atoms with van der Waals surface area (Å²) >= 11 is 6.41. The van der Waals surface area contributed by atoms with E-state index >= 15 is 4.39 Å². The molecule has 4 aromatic rings. The normalized spacial score (nSPS) is 12.9. The summed E-state index contributed by atoms with van der Waals surface area (Å²) in [5.41, 5.74) is 2.93. The van der Waals surface area contributed by atoms with Crippen molar-refractivity contribution >= 4 is 40.0 Å². The van der Waals surface area contributed by atoms with Gasteiger partial charge in [0.25, 0.3) is 0 Å². The van der Waals surface area contributed by atoms with Gasteiger partial charge in [0.1, 0.15) is 18.4 Å². The maximum atomic E-state index is 15.0. The minimum absolute atomic E-state index is 0.114. The molecule has 0 fully saturated rings. The molecule has 3 aromatic carbocycles. The van der Waals surface area contributed by atoms with Crippen LogP contribution in [0, 0.1) is 12.7 Å². The highest BCUT2D eigenvalue weighted by Gasteiger charge is 2.28. The minimum Gasteiger partial charge on any atom is -0.454 e. The third-order valence-corrected chi connectivity index (χ3v) is 7.46. The molecule has 0 saturated heterocycles. The number of benzene rings is 3. The zero-order valence-corrected chi connectivity index (χ0v) is 22.9. The van der Waals surface area contributed by atoms with Crippen LogP contribution in [0.15, 0.2) is 60.7 Å². The summed E-state index contributed by atoms with van der Waals surface area (Å²) < 4.78 is 27.4. The Morgan fingerprint density at radius 2 is 1.88 bits per heavy atom.